The molecule has 1 saturated heterocycles. The number of carbonyl (C=O) groups excluding carboxylic acids is 2. The molecule has 2 aliphatic rings. The van der Waals surface area contributed by atoms with Gasteiger partial charge in [-0.3, -0.25) is 4.79 Å². The van der Waals surface area contributed by atoms with Gasteiger partial charge in [-0.1, -0.05) is 0 Å². The van der Waals surface area contributed by atoms with Crippen LogP contribution in [0.4, 0.5) is 10.5 Å². The second kappa shape index (κ2) is 5.40. The molecule has 1 N–H and O–H groups in total. The van der Waals surface area contributed by atoms with Crippen LogP contribution >= 0.6 is 0 Å². The van der Waals surface area contributed by atoms with Crippen molar-refractivity contribution < 1.29 is 19.4 Å². The number of anilines is 1. The third kappa shape index (κ3) is 2.60. The fourth-order valence-electron chi connectivity index (χ4n) is 3.63. The van der Waals surface area contributed by atoms with Gasteiger partial charge < -0.3 is 19.6 Å². The average molecular weight is 332 g/mol. The number of phenols is 1. The standard InChI is InChI=1S/C18H24N2O4/c1-17(2,3)24-16(23)20-9-7-18(8-10-20)13-11-12(21)5-6-14(13)19(4)15(18)22/h5-6,11,21H,7-10H2,1-4H3. The Kier molecular flexibility index (Phi) is 3.73. The topological polar surface area (TPSA) is 70.1 Å². The number of piperidine rings is 1. The van der Waals surface area contributed by atoms with Crippen LogP contribution in [-0.4, -0.2) is 47.7 Å². The summed E-state index contributed by atoms with van der Waals surface area (Å²) in [5, 5.41) is 9.84. The van der Waals surface area contributed by atoms with Crippen molar-refractivity contribution in [2.45, 2.75) is 44.6 Å². The first kappa shape index (κ1) is 16.6. The van der Waals surface area contributed by atoms with Crippen LogP contribution in [0, 0.1) is 0 Å². The largest absolute Gasteiger partial charge is 0.508 e. The fraction of sp³-hybridized carbons (Fsp3) is 0.556. The van der Waals surface area contributed by atoms with Gasteiger partial charge in [0, 0.05) is 25.8 Å². The van der Waals surface area contributed by atoms with Crippen molar-refractivity contribution in [1.29, 1.82) is 0 Å². The molecule has 130 valence electrons. The van der Waals surface area contributed by atoms with E-state index in [2.05, 4.69) is 0 Å². The van der Waals surface area contributed by atoms with Gasteiger partial charge in [-0.05, 0) is 57.4 Å². The second-order valence-electron chi connectivity index (χ2n) is 7.62. The highest BCUT2D eigenvalue weighted by molar-refractivity contribution is 6.08. The molecule has 1 aromatic carbocycles. The minimum absolute atomic E-state index is 0.0342. The number of hydrogen-bond acceptors (Lipinski definition) is 4. The van der Waals surface area contributed by atoms with Crippen molar-refractivity contribution in [3.63, 3.8) is 0 Å². The molecule has 0 atom stereocenters. The minimum Gasteiger partial charge on any atom is -0.508 e. The van der Waals surface area contributed by atoms with Crippen molar-refractivity contribution in [2.75, 3.05) is 25.0 Å². The molecule has 6 nitrogen and oxygen atoms in total. The lowest BCUT2D eigenvalue weighted by molar-refractivity contribution is -0.124. The zero-order valence-corrected chi connectivity index (χ0v) is 14.6. The van der Waals surface area contributed by atoms with Gasteiger partial charge in [0.15, 0.2) is 0 Å². The third-order valence-corrected chi connectivity index (χ3v) is 4.84. The maximum Gasteiger partial charge on any atom is 0.410 e. The smallest absolute Gasteiger partial charge is 0.410 e. The first-order chi connectivity index (χ1) is 11.1. The summed E-state index contributed by atoms with van der Waals surface area (Å²) in [6.45, 7) is 6.44. The normalized spacial score (nSPS) is 19.6. The van der Waals surface area contributed by atoms with Crippen LogP contribution in [0.1, 0.15) is 39.2 Å². The van der Waals surface area contributed by atoms with Gasteiger partial charge in [0.05, 0.1) is 5.41 Å². The lowest BCUT2D eigenvalue weighted by atomic mass is 9.73. The van der Waals surface area contributed by atoms with Crippen molar-refractivity contribution in [2.24, 2.45) is 0 Å². The number of nitrogens with zero attached hydrogens (tertiary/aromatic N) is 2. The molecule has 0 unspecified atom stereocenters. The predicted octanol–water partition coefficient (Wildman–Crippen LogP) is 2.64. The van der Waals surface area contributed by atoms with Crippen LogP contribution in [0.25, 0.3) is 0 Å². The van der Waals surface area contributed by atoms with Crippen LogP contribution in [0.5, 0.6) is 5.75 Å². The highest BCUT2D eigenvalue weighted by Gasteiger charge is 2.51. The number of ether oxygens (including phenoxy) is 1. The van der Waals surface area contributed by atoms with Gasteiger partial charge in [0.25, 0.3) is 0 Å². The molecule has 2 heterocycles. The van der Waals surface area contributed by atoms with Crippen LogP contribution in [0.3, 0.4) is 0 Å². The number of hydrogen-bond donors (Lipinski definition) is 1. The van der Waals surface area contributed by atoms with Crippen LogP contribution < -0.4 is 4.90 Å². The predicted molar refractivity (Wildman–Crippen MR) is 90.2 cm³/mol. The Hall–Kier alpha value is -2.24. The SMILES string of the molecule is CN1C(=O)C2(CCN(C(=O)OC(C)(C)C)CC2)c2cc(O)ccc21. The van der Waals surface area contributed by atoms with Crippen LogP contribution in [0.15, 0.2) is 18.2 Å². The number of fused-ring (bicyclic) bond motifs is 2. The summed E-state index contributed by atoms with van der Waals surface area (Å²) in [5.41, 5.74) is 0.511. The van der Waals surface area contributed by atoms with Crippen LogP contribution in [0.2, 0.25) is 0 Å². The fourth-order valence-corrected chi connectivity index (χ4v) is 3.63. The van der Waals surface area contributed by atoms with E-state index in [0.717, 1.165) is 11.3 Å². The van der Waals surface area contributed by atoms with Gasteiger partial charge in [-0.25, -0.2) is 4.79 Å². The molecule has 1 spiro atoms. The van der Waals surface area contributed by atoms with E-state index in [1.165, 1.54) is 0 Å². The Labute approximate surface area is 142 Å². The van der Waals surface area contributed by atoms with E-state index in [9.17, 15) is 14.7 Å². The molecule has 2 aliphatic heterocycles. The number of likely N-dealkylation sites (N-methyl/N-ethyl adjacent to an activating group) is 1. The molecule has 0 aromatic heterocycles. The Bertz CT molecular complexity index is 685. The molecule has 2 amide bonds. The molecular weight excluding hydrogens is 308 g/mol. The Morgan fingerprint density at radius 2 is 1.88 bits per heavy atom. The summed E-state index contributed by atoms with van der Waals surface area (Å²) in [4.78, 5) is 28.4. The van der Waals surface area contributed by atoms with E-state index in [0.29, 0.717) is 25.9 Å². The van der Waals surface area contributed by atoms with Gasteiger partial charge in [0.2, 0.25) is 5.91 Å². The Morgan fingerprint density at radius 1 is 1.25 bits per heavy atom. The number of likely N-dealkylation sites (tertiary alicyclic amines) is 1. The van der Waals surface area contributed by atoms with Crippen LogP contribution in [-0.2, 0) is 14.9 Å². The van der Waals surface area contributed by atoms with E-state index >= 15 is 0 Å². The zero-order chi connectivity index (χ0) is 17.7. The van der Waals surface area contributed by atoms with Crippen molar-refractivity contribution in [1.82, 2.24) is 4.90 Å². The summed E-state index contributed by atoms with van der Waals surface area (Å²) in [6, 6.07) is 5.05. The number of aromatic hydroxyl groups is 1. The number of rotatable bonds is 0. The highest BCUT2D eigenvalue weighted by Crippen LogP contribution is 2.48. The van der Waals surface area contributed by atoms with E-state index in [1.807, 2.05) is 20.8 Å². The zero-order valence-electron chi connectivity index (χ0n) is 14.6. The van der Waals surface area contributed by atoms with Crippen molar-refractivity contribution in [3.05, 3.63) is 23.8 Å². The highest BCUT2D eigenvalue weighted by atomic mass is 16.6. The third-order valence-electron chi connectivity index (χ3n) is 4.84. The Balaban J connectivity index is 1.82. The number of amides is 2. The molecule has 24 heavy (non-hydrogen) atoms. The van der Waals surface area contributed by atoms with Crippen molar-refractivity contribution >= 4 is 17.7 Å². The molecule has 0 bridgehead atoms. The monoisotopic (exact) mass is 332 g/mol. The van der Waals surface area contributed by atoms with E-state index < -0.39 is 11.0 Å². The van der Waals surface area contributed by atoms with Gasteiger partial charge in [0.1, 0.15) is 11.4 Å². The summed E-state index contributed by atoms with van der Waals surface area (Å²) in [5.74, 6) is 0.192. The van der Waals surface area contributed by atoms with Gasteiger partial charge in [-0.2, -0.15) is 0 Å². The maximum atomic E-state index is 12.9. The second-order valence-corrected chi connectivity index (χ2v) is 7.62. The minimum atomic E-state index is -0.651. The summed E-state index contributed by atoms with van der Waals surface area (Å²) in [6.07, 6.45) is 0.727. The Morgan fingerprint density at radius 3 is 2.46 bits per heavy atom. The number of phenolic OH excluding ortho intramolecular Hbond substituents is 1. The molecular formula is C18H24N2O4. The molecule has 6 heteroatoms. The summed E-state index contributed by atoms with van der Waals surface area (Å²) < 4.78 is 5.42. The van der Waals surface area contributed by atoms with E-state index in [-0.39, 0.29) is 17.7 Å². The van der Waals surface area contributed by atoms with E-state index in [4.69, 9.17) is 4.74 Å². The lowest BCUT2D eigenvalue weighted by Crippen LogP contribution is -2.50. The lowest BCUT2D eigenvalue weighted by Gasteiger charge is -2.38. The first-order valence-electron chi connectivity index (χ1n) is 8.24. The average Bonchev–Trinajstić information content (AvgIpc) is 2.69. The molecule has 3 rings (SSSR count). The quantitative estimate of drug-likeness (QED) is 0.793. The van der Waals surface area contributed by atoms with E-state index in [1.54, 1.807) is 35.0 Å². The number of benzene rings is 1. The van der Waals surface area contributed by atoms with Gasteiger partial charge >= 0.3 is 6.09 Å². The first-order valence-corrected chi connectivity index (χ1v) is 8.24. The molecule has 0 aliphatic carbocycles. The van der Waals surface area contributed by atoms with Crippen molar-refractivity contribution in [3.8, 4) is 5.75 Å². The summed E-state index contributed by atoms with van der Waals surface area (Å²) >= 11 is 0. The maximum absolute atomic E-state index is 12.9. The molecule has 1 fully saturated rings. The molecule has 1 aromatic rings. The summed E-state index contributed by atoms with van der Waals surface area (Å²) in [7, 11) is 1.76. The molecule has 0 saturated carbocycles. The molecule has 0 radical (unpaired) electrons. The van der Waals surface area contributed by atoms with Gasteiger partial charge in [-0.15, -0.1) is 0 Å². The number of carbonyl (C=O) groups is 2.